The molecule has 8 aromatic rings. The molecule has 5 nitrogen and oxygen atoms in total. The third kappa shape index (κ3) is 5.10. The maximum absolute atomic E-state index is 9.29. The molecule has 54 heavy (non-hydrogen) atoms. The Labute approximate surface area is 313 Å². The highest BCUT2D eigenvalue weighted by Gasteiger charge is 2.35. The van der Waals surface area contributed by atoms with Crippen LogP contribution in [0, 0.1) is 11.3 Å². The Morgan fingerprint density at radius 1 is 0.611 bits per heavy atom. The number of aromatic nitrogens is 3. The number of furan rings is 1. The molecular weight excluding hydrogens is 661 g/mol. The molecule has 0 saturated carbocycles. The van der Waals surface area contributed by atoms with Crippen LogP contribution in [0.3, 0.4) is 0 Å². The molecular formula is C49H34N4O. The standard InChI is InChI=1S/C49H34N4O/c1-49(2)41-14-8-6-12-37(41)40-28-35(24-27-42(40)49)47-51-46(34-10-4-3-5-11-34)52-48(53-47)44-36(25-26-39-38-13-7-9-15-43(38)54-45(39)44)33-22-20-32(21-23-33)31-18-16-30(29-50)17-19-31/h3-24,26-28,36H,25H2,1-2H3. The largest absolute Gasteiger partial charge is 0.456 e. The fourth-order valence-electron chi connectivity index (χ4n) is 8.39. The Morgan fingerprint density at radius 2 is 1.24 bits per heavy atom. The number of para-hydroxylation sites is 1. The van der Waals surface area contributed by atoms with Gasteiger partial charge in [-0.2, -0.15) is 5.26 Å². The van der Waals surface area contributed by atoms with Crippen LogP contribution in [-0.2, 0) is 5.41 Å². The summed E-state index contributed by atoms with van der Waals surface area (Å²) in [7, 11) is 0. The summed E-state index contributed by atoms with van der Waals surface area (Å²) in [6, 6.07) is 52.3. The average molecular weight is 695 g/mol. The molecule has 0 aliphatic heterocycles. The summed E-state index contributed by atoms with van der Waals surface area (Å²) in [6.07, 6.45) is 3.05. The molecule has 0 N–H and O–H groups in total. The topological polar surface area (TPSA) is 75.6 Å². The van der Waals surface area contributed by atoms with E-state index in [4.69, 9.17) is 19.4 Å². The Kier molecular flexibility index (Phi) is 7.28. The molecule has 2 aromatic heterocycles. The second-order valence-corrected chi connectivity index (χ2v) is 14.7. The third-order valence-electron chi connectivity index (χ3n) is 11.2. The lowest BCUT2D eigenvalue weighted by molar-refractivity contribution is 0.563. The van der Waals surface area contributed by atoms with Gasteiger partial charge in [-0.3, -0.25) is 0 Å². The fraction of sp³-hybridized carbons (Fsp3) is 0.102. The number of hydrogen-bond acceptors (Lipinski definition) is 5. The Morgan fingerprint density at radius 3 is 2.02 bits per heavy atom. The molecule has 2 aliphatic rings. The van der Waals surface area contributed by atoms with E-state index < -0.39 is 0 Å². The van der Waals surface area contributed by atoms with E-state index in [1.54, 1.807) is 0 Å². The minimum atomic E-state index is -0.0983. The fourth-order valence-corrected chi connectivity index (χ4v) is 8.39. The quantitative estimate of drug-likeness (QED) is 0.179. The van der Waals surface area contributed by atoms with Crippen molar-refractivity contribution in [2.75, 3.05) is 0 Å². The van der Waals surface area contributed by atoms with Gasteiger partial charge in [0.05, 0.1) is 11.6 Å². The first-order chi connectivity index (χ1) is 26.5. The molecule has 5 heteroatoms. The number of fused-ring (bicyclic) bond motifs is 6. The van der Waals surface area contributed by atoms with Gasteiger partial charge < -0.3 is 4.42 Å². The van der Waals surface area contributed by atoms with Crippen LogP contribution >= 0.6 is 0 Å². The Hall–Kier alpha value is -6.90. The van der Waals surface area contributed by atoms with E-state index in [1.807, 2.05) is 54.6 Å². The number of hydrogen-bond donors (Lipinski definition) is 0. The van der Waals surface area contributed by atoms with Gasteiger partial charge in [-0.1, -0.05) is 141 Å². The van der Waals surface area contributed by atoms with E-state index in [1.165, 1.54) is 22.3 Å². The molecule has 2 aliphatic carbocycles. The molecule has 1 atom stereocenters. The van der Waals surface area contributed by atoms with Crippen LogP contribution in [0.5, 0.6) is 0 Å². The second-order valence-electron chi connectivity index (χ2n) is 14.7. The van der Waals surface area contributed by atoms with Gasteiger partial charge >= 0.3 is 0 Å². The molecule has 0 fully saturated rings. The first-order valence-electron chi connectivity index (χ1n) is 18.4. The summed E-state index contributed by atoms with van der Waals surface area (Å²) >= 11 is 0. The highest BCUT2D eigenvalue weighted by atomic mass is 16.3. The third-order valence-corrected chi connectivity index (χ3v) is 11.2. The molecule has 256 valence electrons. The summed E-state index contributed by atoms with van der Waals surface area (Å²) in [5.41, 5.74) is 13.4. The Balaban J connectivity index is 1.18. The first kappa shape index (κ1) is 31.8. The van der Waals surface area contributed by atoms with E-state index >= 15 is 0 Å². The first-order valence-corrected chi connectivity index (χ1v) is 18.4. The van der Waals surface area contributed by atoms with Gasteiger partial charge in [-0.15, -0.1) is 0 Å². The maximum atomic E-state index is 9.29. The van der Waals surface area contributed by atoms with Crippen LogP contribution in [0.1, 0.15) is 54.3 Å². The number of nitriles is 1. The van der Waals surface area contributed by atoms with Gasteiger partial charge in [0, 0.05) is 38.6 Å². The van der Waals surface area contributed by atoms with Crippen LogP contribution in [0.2, 0.25) is 0 Å². The normalized spacial score (nSPS) is 15.2. The van der Waals surface area contributed by atoms with Crippen LogP contribution < -0.4 is 10.6 Å². The van der Waals surface area contributed by atoms with Crippen molar-refractivity contribution in [1.29, 1.82) is 5.26 Å². The molecule has 6 aromatic carbocycles. The monoisotopic (exact) mass is 694 g/mol. The van der Waals surface area contributed by atoms with E-state index in [-0.39, 0.29) is 11.3 Å². The molecule has 0 saturated heterocycles. The number of rotatable bonds is 5. The predicted molar refractivity (Wildman–Crippen MR) is 215 cm³/mol. The summed E-state index contributed by atoms with van der Waals surface area (Å²) in [6.45, 7) is 4.59. The Bertz CT molecular complexity index is 2930. The molecule has 10 rings (SSSR count). The molecule has 1 unspecified atom stereocenters. The zero-order valence-corrected chi connectivity index (χ0v) is 29.9. The summed E-state index contributed by atoms with van der Waals surface area (Å²) in [5.74, 6) is 1.78. The maximum Gasteiger partial charge on any atom is 0.164 e. The lowest BCUT2D eigenvalue weighted by atomic mass is 9.82. The molecule has 2 heterocycles. The molecule has 0 spiro atoms. The van der Waals surface area contributed by atoms with Crippen molar-refractivity contribution in [2.45, 2.75) is 31.6 Å². The van der Waals surface area contributed by atoms with Crippen LogP contribution in [0.25, 0.3) is 67.6 Å². The van der Waals surface area contributed by atoms with Crippen molar-refractivity contribution in [3.8, 4) is 51.1 Å². The molecule has 0 amide bonds. The minimum absolute atomic E-state index is 0.0698. The lowest BCUT2D eigenvalue weighted by Crippen LogP contribution is -2.31. The molecule has 0 bridgehead atoms. The number of nitrogens with zero attached hydrogens (tertiary/aromatic N) is 4. The number of benzene rings is 6. The molecule has 0 radical (unpaired) electrons. The minimum Gasteiger partial charge on any atom is -0.456 e. The SMILES string of the molecule is CC1(C)c2ccccc2-c2cc(-c3nc(C4=c5oc6ccccc6c5=CCC4c4ccc(-c5ccc(C#N)cc5)cc4)nc(-c4ccccc4)n3)ccc21. The lowest BCUT2D eigenvalue weighted by Gasteiger charge is -2.22. The van der Waals surface area contributed by atoms with Gasteiger partial charge in [0.25, 0.3) is 0 Å². The zero-order valence-electron chi connectivity index (χ0n) is 29.9. The van der Waals surface area contributed by atoms with Crippen molar-refractivity contribution in [2.24, 2.45) is 0 Å². The van der Waals surface area contributed by atoms with E-state index in [0.29, 0.717) is 23.0 Å². The van der Waals surface area contributed by atoms with Crippen LogP contribution in [0.15, 0.2) is 150 Å². The van der Waals surface area contributed by atoms with Crippen LogP contribution in [-0.4, -0.2) is 15.0 Å². The smallest absolute Gasteiger partial charge is 0.164 e. The van der Waals surface area contributed by atoms with Crippen molar-refractivity contribution < 1.29 is 4.42 Å². The van der Waals surface area contributed by atoms with Gasteiger partial charge in [-0.05, 0) is 69.6 Å². The van der Waals surface area contributed by atoms with Gasteiger partial charge in [0.1, 0.15) is 11.0 Å². The highest BCUT2D eigenvalue weighted by Crippen LogP contribution is 2.49. The van der Waals surface area contributed by atoms with E-state index in [9.17, 15) is 5.26 Å². The van der Waals surface area contributed by atoms with Crippen molar-refractivity contribution in [3.05, 3.63) is 184 Å². The highest BCUT2D eigenvalue weighted by molar-refractivity contribution is 5.85. The van der Waals surface area contributed by atoms with Crippen molar-refractivity contribution >= 4 is 22.6 Å². The van der Waals surface area contributed by atoms with Gasteiger partial charge in [0.2, 0.25) is 0 Å². The summed E-state index contributed by atoms with van der Waals surface area (Å²) in [4.78, 5) is 15.7. The van der Waals surface area contributed by atoms with Gasteiger partial charge in [-0.25, -0.2) is 15.0 Å². The average Bonchev–Trinajstić information content (AvgIpc) is 3.72. The van der Waals surface area contributed by atoms with Crippen molar-refractivity contribution in [1.82, 2.24) is 15.0 Å². The van der Waals surface area contributed by atoms with Crippen LogP contribution in [0.4, 0.5) is 0 Å². The van der Waals surface area contributed by atoms with E-state index in [0.717, 1.165) is 61.4 Å². The van der Waals surface area contributed by atoms with E-state index in [2.05, 4.69) is 117 Å². The van der Waals surface area contributed by atoms with Gasteiger partial charge in [0.15, 0.2) is 17.5 Å². The summed E-state index contributed by atoms with van der Waals surface area (Å²) in [5, 5.41) is 11.4. The summed E-state index contributed by atoms with van der Waals surface area (Å²) < 4.78 is 6.74. The zero-order chi connectivity index (χ0) is 36.4. The second kappa shape index (κ2) is 12.4. The predicted octanol–water partition coefficient (Wildman–Crippen LogP) is 9.96. The van der Waals surface area contributed by atoms with Crippen molar-refractivity contribution in [3.63, 3.8) is 0 Å².